The van der Waals surface area contributed by atoms with Crippen molar-refractivity contribution in [3.05, 3.63) is 36.2 Å². The SMILES string of the molecule is CC1(C)C(=O)Nc2cc(NC3=N[N+]4(NCC5CCCNC5)C=CN=CC4=N3)ccc21. The number of hydrogen-bond donors (Lipinski definition) is 4. The lowest BCUT2D eigenvalue weighted by atomic mass is 9.86. The number of benzene rings is 1. The van der Waals surface area contributed by atoms with Crippen LogP contribution in [0.4, 0.5) is 11.4 Å². The first-order chi connectivity index (χ1) is 14.5. The predicted molar refractivity (Wildman–Crippen MR) is 118 cm³/mol. The van der Waals surface area contributed by atoms with Gasteiger partial charge >= 0.3 is 5.84 Å². The van der Waals surface area contributed by atoms with Gasteiger partial charge in [0, 0.05) is 11.4 Å². The molecule has 1 aromatic carbocycles. The number of quaternary nitrogens is 1. The molecular formula is C21H27N8O+. The lowest BCUT2D eigenvalue weighted by Gasteiger charge is -2.28. The maximum absolute atomic E-state index is 12.2. The molecule has 1 aromatic rings. The molecule has 4 N–H and O–H groups in total. The summed E-state index contributed by atoms with van der Waals surface area (Å²) >= 11 is 0. The summed E-state index contributed by atoms with van der Waals surface area (Å²) < 4.78 is 0.108. The lowest BCUT2D eigenvalue weighted by Crippen LogP contribution is -2.56. The van der Waals surface area contributed by atoms with E-state index in [0.29, 0.717) is 11.9 Å². The van der Waals surface area contributed by atoms with Gasteiger partial charge in [-0.15, -0.1) is 10.4 Å². The van der Waals surface area contributed by atoms with Gasteiger partial charge in [-0.1, -0.05) is 6.07 Å². The Morgan fingerprint density at radius 1 is 1.33 bits per heavy atom. The molecule has 30 heavy (non-hydrogen) atoms. The van der Waals surface area contributed by atoms with Crippen LogP contribution in [-0.4, -0.2) is 48.3 Å². The van der Waals surface area contributed by atoms with Crippen molar-refractivity contribution in [3.8, 4) is 0 Å². The highest BCUT2D eigenvalue weighted by Crippen LogP contribution is 2.38. The van der Waals surface area contributed by atoms with E-state index in [-0.39, 0.29) is 10.6 Å². The normalized spacial score (nSPS) is 28.5. The summed E-state index contributed by atoms with van der Waals surface area (Å²) in [6.45, 7) is 6.81. The Bertz CT molecular complexity index is 1000. The first kappa shape index (κ1) is 19.1. The molecule has 0 bridgehead atoms. The van der Waals surface area contributed by atoms with Gasteiger partial charge < -0.3 is 16.0 Å². The largest absolute Gasteiger partial charge is 0.325 e. The van der Waals surface area contributed by atoms with Crippen LogP contribution in [0.1, 0.15) is 32.3 Å². The minimum atomic E-state index is -0.520. The third kappa shape index (κ3) is 3.24. The third-order valence-corrected chi connectivity index (χ3v) is 6.17. The summed E-state index contributed by atoms with van der Waals surface area (Å²) in [4.78, 5) is 21.1. The summed E-state index contributed by atoms with van der Waals surface area (Å²) in [5, 5.41) is 14.5. The summed E-state index contributed by atoms with van der Waals surface area (Å²) in [5.41, 5.74) is 5.67. The second-order valence-electron chi connectivity index (χ2n) is 8.69. The molecule has 2 atom stereocenters. The van der Waals surface area contributed by atoms with Crippen LogP contribution in [0, 0.1) is 5.92 Å². The molecule has 0 radical (unpaired) electrons. The van der Waals surface area contributed by atoms with Crippen LogP contribution in [0.2, 0.25) is 0 Å². The first-order valence-electron chi connectivity index (χ1n) is 10.4. The van der Waals surface area contributed by atoms with Gasteiger partial charge in [0.15, 0.2) is 6.20 Å². The molecule has 1 saturated heterocycles. The van der Waals surface area contributed by atoms with Crippen LogP contribution in [0.5, 0.6) is 0 Å². The van der Waals surface area contributed by atoms with Crippen LogP contribution in [0.25, 0.3) is 0 Å². The van der Waals surface area contributed by atoms with Gasteiger partial charge in [0.2, 0.25) is 5.91 Å². The van der Waals surface area contributed by atoms with Gasteiger partial charge in [-0.3, -0.25) is 9.79 Å². The molecule has 4 heterocycles. The van der Waals surface area contributed by atoms with E-state index in [0.717, 1.165) is 42.4 Å². The second-order valence-corrected chi connectivity index (χ2v) is 8.69. The van der Waals surface area contributed by atoms with Gasteiger partial charge in [0.25, 0.3) is 5.96 Å². The van der Waals surface area contributed by atoms with Crippen molar-refractivity contribution in [2.45, 2.75) is 32.1 Å². The van der Waals surface area contributed by atoms with Gasteiger partial charge in [-0.25, -0.2) is 0 Å². The van der Waals surface area contributed by atoms with Crippen LogP contribution in [0.15, 0.2) is 45.7 Å². The zero-order valence-corrected chi connectivity index (χ0v) is 17.3. The van der Waals surface area contributed by atoms with Crippen molar-refractivity contribution in [2.75, 3.05) is 30.3 Å². The fourth-order valence-corrected chi connectivity index (χ4v) is 4.27. The minimum Gasteiger partial charge on any atom is -0.325 e. The molecule has 0 spiro atoms. The number of carbonyl (C=O) groups excluding carboxylic acids is 1. The molecule has 0 aliphatic carbocycles. The lowest BCUT2D eigenvalue weighted by molar-refractivity contribution is -0.839. The molecule has 1 amide bonds. The van der Waals surface area contributed by atoms with Crippen molar-refractivity contribution in [1.82, 2.24) is 10.7 Å². The maximum Gasteiger partial charge on any atom is 0.301 e. The monoisotopic (exact) mass is 407 g/mol. The number of aliphatic imine (C=N–C) groups is 2. The minimum absolute atomic E-state index is 0.0116. The van der Waals surface area contributed by atoms with Crippen molar-refractivity contribution in [3.63, 3.8) is 0 Å². The quantitative estimate of drug-likeness (QED) is 0.573. The number of fused-ring (bicyclic) bond motifs is 2. The Labute approximate surface area is 175 Å². The maximum atomic E-state index is 12.2. The van der Waals surface area contributed by atoms with Gasteiger partial charge in [-0.05, 0) is 73.2 Å². The zero-order chi connectivity index (χ0) is 20.8. The Morgan fingerprint density at radius 3 is 3.07 bits per heavy atom. The van der Waals surface area contributed by atoms with Crippen LogP contribution >= 0.6 is 0 Å². The Hall–Kier alpha value is -2.88. The number of amidine groups is 1. The molecule has 9 nitrogen and oxygen atoms in total. The molecule has 5 rings (SSSR count). The molecule has 9 heteroatoms. The van der Waals surface area contributed by atoms with E-state index in [1.54, 1.807) is 12.4 Å². The third-order valence-electron chi connectivity index (χ3n) is 6.17. The number of anilines is 2. The van der Waals surface area contributed by atoms with Gasteiger partial charge in [-0.2, -0.15) is 0 Å². The number of nitrogens with zero attached hydrogens (tertiary/aromatic N) is 4. The average molecular weight is 408 g/mol. The summed E-state index contributed by atoms with van der Waals surface area (Å²) in [6, 6.07) is 5.86. The molecule has 4 aliphatic heterocycles. The number of rotatable bonds is 4. The smallest absolute Gasteiger partial charge is 0.301 e. The van der Waals surface area contributed by atoms with E-state index in [4.69, 9.17) is 5.10 Å². The molecule has 156 valence electrons. The van der Waals surface area contributed by atoms with E-state index in [1.165, 1.54) is 12.8 Å². The zero-order valence-electron chi connectivity index (χ0n) is 17.3. The Morgan fingerprint density at radius 2 is 2.23 bits per heavy atom. The summed E-state index contributed by atoms with van der Waals surface area (Å²) in [5.74, 6) is 1.80. The van der Waals surface area contributed by atoms with Crippen molar-refractivity contribution in [2.24, 2.45) is 21.0 Å². The van der Waals surface area contributed by atoms with Crippen LogP contribution in [0.3, 0.4) is 0 Å². The number of piperidine rings is 1. The molecular weight excluding hydrogens is 380 g/mol. The Kier molecular flexibility index (Phi) is 4.53. The summed E-state index contributed by atoms with van der Waals surface area (Å²) in [6.07, 6.45) is 7.78. The highest BCUT2D eigenvalue weighted by Gasteiger charge is 2.42. The van der Waals surface area contributed by atoms with E-state index in [9.17, 15) is 4.79 Å². The average Bonchev–Trinajstić information content (AvgIpc) is 3.21. The summed E-state index contributed by atoms with van der Waals surface area (Å²) in [7, 11) is 0. The molecule has 4 aliphatic rings. The molecule has 1 fully saturated rings. The number of nitrogens with one attached hydrogen (secondary N) is 4. The fraction of sp³-hybridized carbons (Fsp3) is 0.429. The van der Waals surface area contributed by atoms with Crippen molar-refractivity contribution in [1.29, 1.82) is 0 Å². The van der Waals surface area contributed by atoms with Crippen LogP contribution < -0.4 is 21.4 Å². The number of hydrogen-bond acceptors (Lipinski definition) is 7. The fourth-order valence-electron chi connectivity index (χ4n) is 4.27. The van der Waals surface area contributed by atoms with E-state index >= 15 is 0 Å². The van der Waals surface area contributed by atoms with E-state index < -0.39 is 5.41 Å². The highest BCUT2D eigenvalue weighted by molar-refractivity contribution is 6.30. The molecule has 0 saturated carbocycles. The van der Waals surface area contributed by atoms with Crippen molar-refractivity contribution < 1.29 is 9.50 Å². The van der Waals surface area contributed by atoms with E-state index in [1.807, 2.05) is 38.2 Å². The number of carbonyl (C=O) groups is 1. The van der Waals surface area contributed by atoms with Crippen LogP contribution in [-0.2, 0) is 10.2 Å². The number of amides is 1. The predicted octanol–water partition coefficient (Wildman–Crippen LogP) is 1.89. The highest BCUT2D eigenvalue weighted by atomic mass is 16.2. The van der Waals surface area contributed by atoms with Crippen molar-refractivity contribution >= 4 is 35.3 Å². The topological polar surface area (TPSA) is 102 Å². The standard InChI is InChI=1S/C21H26N8O/c1-21(2)16-6-5-15(10-17(16)26-19(21)30)25-20-27-18-13-23-8-9-29(18,28-20)24-12-14-4-3-7-22-11-14/h5-6,8-10,13-14,22,24H,3-4,7,11-12H2,1-2H3,(H-,25,26,28,30)/p+1. The molecule has 0 aromatic heterocycles. The number of guanidine groups is 1. The second kappa shape index (κ2) is 7.12. The van der Waals surface area contributed by atoms with E-state index in [2.05, 4.69) is 31.4 Å². The van der Waals surface area contributed by atoms with Gasteiger partial charge in [0.1, 0.15) is 6.21 Å². The molecule has 2 unspecified atom stereocenters. The first-order valence-corrected chi connectivity index (χ1v) is 10.4. The Balaban J connectivity index is 1.35. The van der Waals surface area contributed by atoms with Gasteiger partial charge in [0.05, 0.1) is 18.2 Å².